The van der Waals surface area contributed by atoms with E-state index in [-0.39, 0.29) is 12.1 Å². The Balaban J connectivity index is 1.73. The monoisotopic (exact) mass is 434 g/mol. The molecule has 0 atom stereocenters. The largest absolute Gasteiger partial charge is 0.496 e. The number of nitrogens with zero attached hydrogens (tertiary/aromatic N) is 1. The quantitative estimate of drug-likeness (QED) is 0.572. The van der Waals surface area contributed by atoms with Gasteiger partial charge in [0.05, 0.1) is 13.7 Å². The molecule has 6 heteroatoms. The van der Waals surface area contributed by atoms with E-state index in [9.17, 15) is 4.79 Å². The highest BCUT2D eigenvalue weighted by molar-refractivity contribution is 6.35. The molecule has 1 fully saturated rings. The lowest BCUT2D eigenvalue weighted by Gasteiger charge is -2.29. The van der Waals surface area contributed by atoms with E-state index in [2.05, 4.69) is 5.32 Å². The highest BCUT2D eigenvalue weighted by Gasteiger charge is 2.21. The van der Waals surface area contributed by atoms with Gasteiger partial charge in [0.2, 0.25) is 0 Å². The van der Waals surface area contributed by atoms with Gasteiger partial charge >= 0.3 is 6.03 Å². The van der Waals surface area contributed by atoms with Crippen LogP contribution in [-0.2, 0) is 13.0 Å². The summed E-state index contributed by atoms with van der Waals surface area (Å²) in [5.74, 6) is 0.785. The van der Waals surface area contributed by atoms with Crippen molar-refractivity contribution in [3.05, 3.63) is 63.6 Å². The molecule has 2 amide bonds. The van der Waals surface area contributed by atoms with E-state index in [0.29, 0.717) is 29.6 Å². The minimum absolute atomic E-state index is 0.0344. The molecule has 0 bridgehead atoms. The molecule has 29 heavy (non-hydrogen) atoms. The van der Waals surface area contributed by atoms with Crippen molar-refractivity contribution in [3.8, 4) is 5.75 Å². The van der Waals surface area contributed by atoms with Gasteiger partial charge in [0.15, 0.2) is 0 Å². The second-order valence-electron chi connectivity index (χ2n) is 7.50. The second kappa shape index (κ2) is 10.7. The van der Waals surface area contributed by atoms with E-state index < -0.39 is 0 Å². The Morgan fingerprint density at radius 1 is 1.10 bits per heavy atom. The fraction of sp³-hybridized carbons (Fsp3) is 0.435. The first-order chi connectivity index (χ1) is 14.1. The van der Waals surface area contributed by atoms with E-state index >= 15 is 0 Å². The van der Waals surface area contributed by atoms with Gasteiger partial charge in [0.1, 0.15) is 5.75 Å². The average Bonchev–Trinajstić information content (AvgIpc) is 2.73. The lowest BCUT2D eigenvalue weighted by atomic mass is 9.96. The molecule has 0 aromatic heterocycles. The summed E-state index contributed by atoms with van der Waals surface area (Å²) in [6.07, 6.45) is 6.37. The van der Waals surface area contributed by atoms with Crippen LogP contribution in [0.3, 0.4) is 0 Å². The third kappa shape index (κ3) is 6.28. The average molecular weight is 435 g/mol. The van der Waals surface area contributed by atoms with Crippen molar-refractivity contribution < 1.29 is 9.53 Å². The van der Waals surface area contributed by atoms with Crippen molar-refractivity contribution in [2.45, 2.75) is 51.1 Å². The number of amides is 2. The topological polar surface area (TPSA) is 41.6 Å². The van der Waals surface area contributed by atoms with Crippen LogP contribution in [0.2, 0.25) is 10.0 Å². The van der Waals surface area contributed by atoms with Crippen molar-refractivity contribution in [1.29, 1.82) is 0 Å². The van der Waals surface area contributed by atoms with Crippen LogP contribution in [0.25, 0.3) is 0 Å². The number of benzene rings is 2. The first-order valence-corrected chi connectivity index (χ1v) is 10.9. The maximum Gasteiger partial charge on any atom is 0.317 e. The first kappa shape index (κ1) is 21.8. The van der Waals surface area contributed by atoms with Crippen LogP contribution in [0.15, 0.2) is 42.5 Å². The molecule has 0 radical (unpaired) electrons. The van der Waals surface area contributed by atoms with Gasteiger partial charge in [-0.25, -0.2) is 4.79 Å². The summed E-state index contributed by atoms with van der Waals surface area (Å²) in [7, 11) is 1.65. The van der Waals surface area contributed by atoms with Gasteiger partial charge < -0.3 is 15.0 Å². The van der Waals surface area contributed by atoms with Gasteiger partial charge in [0, 0.05) is 28.2 Å². The highest BCUT2D eigenvalue weighted by atomic mass is 35.5. The van der Waals surface area contributed by atoms with Gasteiger partial charge in [0.25, 0.3) is 0 Å². The molecular formula is C23H28Cl2N2O2. The van der Waals surface area contributed by atoms with Crippen LogP contribution in [0.1, 0.15) is 43.2 Å². The summed E-state index contributed by atoms with van der Waals surface area (Å²) in [6, 6.07) is 13.5. The Morgan fingerprint density at radius 3 is 2.59 bits per heavy atom. The van der Waals surface area contributed by atoms with Crippen LogP contribution in [0.5, 0.6) is 5.75 Å². The molecule has 3 rings (SSSR count). The van der Waals surface area contributed by atoms with Gasteiger partial charge in [-0.3, -0.25) is 0 Å². The summed E-state index contributed by atoms with van der Waals surface area (Å²) >= 11 is 12.3. The maximum absolute atomic E-state index is 13.1. The number of halogens is 2. The number of hydrogen-bond acceptors (Lipinski definition) is 2. The van der Waals surface area contributed by atoms with Crippen molar-refractivity contribution in [2.75, 3.05) is 13.7 Å². The fourth-order valence-corrected chi connectivity index (χ4v) is 4.29. The Morgan fingerprint density at radius 2 is 1.86 bits per heavy atom. The van der Waals surface area contributed by atoms with E-state index in [1.54, 1.807) is 13.2 Å². The summed E-state index contributed by atoms with van der Waals surface area (Å²) in [5, 5.41) is 4.47. The zero-order chi connectivity index (χ0) is 20.6. The maximum atomic E-state index is 13.1. The molecule has 0 unspecified atom stereocenters. The van der Waals surface area contributed by atoms with Crippen LogP contribution in [0, 0.1) is 0 Å². The lowest BCUT2D eigenvalue weighted by molar-refractivity contribution is 0.187. The highest BCUT2D eigenvalue weighted by Crippen LogP contribution is 2.24. The number of carbonyl (C=O) groups excluding carboxylic acids is 1. The van der Waals surface area contributed by atoms with Crippen LogP contribution < -0.4 is 10.1 Å². The summed E-state index contributed by atoms with van der Waals surface area (Å²) in [4.78, 5) is 14.9. The minimum Gasteiger partial charge on any atom is -0.496 e. The summed E-state index contributed by atoms with van der Waals surface area (Å²) in [5.41, 5.74) is 1.96. The number of para-hydroxylation sites is 1. The molecule has 2 aromatic carbocycles. The molecule has 0 spiro atoms. The Labute approximate surface area is 183 Å². The SMILES string of the molecule is COc1ccccc1CN(CCc1ccc(Cl)cc1Cl)C(=O)NC1CCCCC1. The van der Waals surface area contributed by atoms with E-state index in [1.807, 2.05) is 41.3 Å². The van der Waals surface area contributed by atoms with Gasteiger partial charge in [-0.15, -0.1) is 0 Å². The lowest BCUT2D eigenvalue weighted by Crippen LogP contribution is -2.45. The number of nitrogens with one attached hydrogen (secondary N) is 1. The summed E-state index contributed by atoms with van der Waals surface area (Å²) in [6.45, 7) is 1.03. The van der Waals surface area contributed by atoms with Gasteiger partial charge in [-0.05, 0) is 43.0 Å². The van der Waals surface area contributed by atoms with Crippen LogP contribution >= 0.6 is 23.2 Å². The molecule has 0 saturated heterocycles. The molecule has 1 N–H and O–H groups in total. The normalized spacial score (nSPS) is 14.4. The van der Waals surface area contributed by atoms with Gasteiger partial charge in [-0.1, -0.05) is 66.7 Å². The number of urea groups is 1. The Bertz CT molecular complexity index is 822. The smallest absolute Gasteiger partial charge is 0.317 e. The third-order valence-corrected chi connectivity index (χ3v) is 6.03. The standard InChI is InChI=1S/C23H28Cl2N2O2/c1-29-22-10-6-5-7-18(22)16-27(23(28)26-20-8-3-2-4-9-20)14-13-17-11-12-19(24)15-21(17)25/h5-7,10-12,15,20H,2-4,8-9,13-14,16H2,1H3,(H,26,28). The molecule has 0 heterocycles. The zero-order valence-electron chi connectivity index (χ0n) is 16.8. The number of carbonyl (C=O) groups is 1. The number of hydrogen-bond donors (Lipinski definition) is 1. The number of methoxy groups -OCH3 is 1. The zero-order valence-corrected chi connectivity index (χ0v) is 18.3. The summed E-state index contributed by atoms with van der Waals surface area (Å²) < 4.78 is 5.48. The third-order valence-electron chi connectivity index (χ3n) is 5.44. The fourth-order valence-electron chi connectivity index (χ4n) is 3.78. The molecule has 1 aliphatic rings. The number of rotatable bonds is 7. The molecule has 4 nitrogen and oxygen atoms in total. The second-order valence-corrected chi connectivity index (χ2v) is 8.35. The molecule has 2 aromatic rings. The molecule has 156 valence electrons. The molecule has 1 aliphatic carbocycles. The number of ether oxygens (including phenoxy) is 1. The van der Waals surface area contributed by atoms with Crippen molar-refractivity contribution in [3.63, 3.8) is 0 Å². The van der Waals surface area contributed by atoms with E-state index in [1.165, 1.54) is 19.3 Å². The van der Waals surface area contributed by atoms with E-state index in [4.69, 9.17) is 27.9 Å². The predicted octanol–water partition coefficient (Wildman–Crippen LogP) is 6.09. The molecule has 0 aliphatic heterocycles. The van der Waals surface area contributed by atoms with Crippen molar-refractivity contribution >= 4 is 29.2 Å². The van der Waals surface area contributed by atoms with Crippen LogP contribution in [-0.4, -0.2) is 30.6 Å². The minimum atomic E-state index is -0.0344. The van der Waals surface area contributed by atoms with Crippen molar-refractivity contribution in [1.82, 2.24) is 10.2 Å². The molecular weight excluding hydrogens is 407 g/mol. The van der Waals surface area contributed by atoms with Gasteiger partial charge in [-0.2, -0.15) is 0 Å². The Kier molecular flexibility index (Phi) is 8.08. The first-order valence-electron chi connectivity index (χ1n) is 10.2. The predicted molar refractivity (Wildman–Crippen MR) is 119 cm³/mol. The Hall–Kier alpha value is -1.91. The van der Waals surface area contributed by atoms with E-state index in [0.717, 1.165) is 29.7 Å². The van der Waals surface area contributed by atoms with Crippen LogP contribution in [0.4, 0.5) is 4.79 Å². The van der Waals surface area contributed by atoms with Crippen molar-refractivity contribution in [2.24, 2.45) is 0 Å². The molecule has 1 saturated carbocycles.